The smallest absolute Gasteiger partial charge is 0.137 e. The number of halogens is 1. The summed E-state index contributed by atoms with van der Waals surface area (Å²) in [5, 5.41) is 5.16. The second kappa shape index (κ2) is 4.08. The molecule has 0 spiro atoms. The molecule has 3 aromatic heterocycles. The Hall–Kier alpha value is -1.84. The highest BCUT2D eigenvalue weighted by atomic mass is 35.5. The van der Waals surface area contributed by atoms with E-state index in [0.29, 0.717) is 5.02 Å². The van der Waals surface area contributed by atoms with Crippen LogP contribution in [0.3, 0.4) is 0 Å². The zero-order valence-electron chi connectivity index (χ0n) is 9.85. The van der Waals surface area contributed by atoms with Crippen LogP contribution in [0.1, 0.15) is 0 Å². The molecule has 1 aromatic carbocycles. The second-order valence-corrected chi connectivity index (χ2v) is 5.69. The number of nitrogens with one attached hydrogen (secondary N) is 1. The number of rotatable bonds is 1. The molecule has 0 radical (unpaired) electrons. The summed E-state index contributed by atoms with van der Waals surface area (Å²) in [5.41, 5.74) is 3.11. The Morgan fingerprint density at radius 2 is 2.00 bits per heavy atom. The van der Waals surface area contributed by atoms with Crippen LogP contribution in [-0.4, -0.2) is 9.97 Å². The van der Waals surface area contributed by atoms with E-state index in [0.717, 1.165) is 16.6 Å². The van der Waals surface area contributed by atoms with Crippen LogP contribution in [0.4, 0.5) is 0 Å². The molecular weight excluding hydrogens is 276 g/mol. The van der Waals surface area contributed by atoms with E-state index < -0.39 is 0 Å². The Morgan fingerprint density at radius 3 is 2.95 bits per heavy atom. The minimum absolute atomic E-state index is 0.690. The number of hydrogen-bond donors (Lipinski definition) is 1. The zero-order chi connectivity index (χ0) is 12.8. The Bertz CT molecular complexity index is 891. The maximum atomic E-state index is 6.38. The highest BCUT2D eigenvalue weighted by Crippen LogP contribution is 2.40. The lowest BCUT2D eigenvalue weighted by Gasteiger charge is -2.05. The molecule has 0 fully saturated rings. The summed E-state index contributed by atoms with van der Waals surface area (Å²) < 4.78 is 1.27. The number of aromatic nitrogens is 2. The molecule has 0 saturated heterocycles. The van der Waals surface area contributed by atoms with Gasteiger partial charge in [-0.2, -0.15) is 0 Å². The summed E-state index contributed by atoms with van der Waals surface area (Å²) in [4.78, 5) is 7.44. The van der Waals surface area contributed by atoms with E-state index in [9.17, 15) is 0 Å². The first kappa shape index (κ1) is 11.0. The molecule has 4 heteroatoms. The standard InChI is InChI=1S/C15H9ClN2S/c16-12-7-18-15-10(5-6-17-15)14(12)11-8-19-13-4-2-1-3-9(11)13/h1-8H,(H,17,18). The van der Waals surface area contributed by atoms with Crippen LogP contribution >= 0.6 is 22.9 Å². The van der Waals surface area contributed by atoms with Crippen molar-refractivity contribution in [3.8, 4) is 11.1 Å². The van der Waals surface area contributed by atoms with Gasteiger partial charge in [-0.15, -0.1) is 11.3 Å². The van der Waals surface area contributed by atoms with Gasteiger partial charge in [0, 0.05) is 39.0 Å². The first-order chi connectivity index (χ1) is 9.34. The summed E-state index contributed by atoms with van der Waals surface area (Å²) in [7, 11) is 0. The average molecular weight is 285 g/mol. The maximum Gasteiger partial charge on any atom is 0.137 e. The number of benzene rings is 1. The first-order valence-electron chi connectivity index (χ1n) is 5.93. The van der Waals surface area contributed by atoms with E-state index in [2.05, 4.69) is 39.6 Å². The van der Waals surface area contributed by atoms with Gasteiger partial charge in [0.15, 0.2) is 0 Å². The Kier molecular flexibility index (Phi) is 2.37. The minimum atomic E-state index is 0.690. The fourth-order valence-corrected chi connectivity index (χ4v) is 3.63. The zero-order valence-corrected chi connectivity index (χ0v) is 11.4. The lowest BCUT2D eigenvalue weighted by molar-refractivity contribution is 1.33. The fourth-order valence-electron chi connectivity index (χ4n) is 2.43. The van der Waals surface area contributed by atoms with Gasteiger partial charge in [0.05, 0.1) is 5.02 Å². The van der Waals surface area contributed by atoms with Gasteiger partial charge in [0.25, 0.3) is 0 Å². The summed E-state index contributed by atoms with van der Waals surface area (Å²) in [6, 6.07) is 10.4. The van der Waals surface area contributed by atoms with Crippen LogP contribution in [-0.2, 0) is 0 Å². The summed E-state index contributed by atoms with van der Waals surface area (Å²) in [6.45, 7) is 0. The fraction of sp³-hybridized carbons (Fsp3) is 0. The van der Waals surface area contributed by atoms with Crippen molar-refractivity contribution in [3.63, 3.8) is 0 Å². The normalized spacial score (nSPS) is 11.4. The summed E-state index contributed by atoms with van der Waals surface area (Å²) in [5.74, 6) is 0. The van der Waals surface area contributed by atoms with E-state index in [1.165, 1.54) is 15.6 Å². The number of pyridine rings is 1. The van der Waals surface area contributed by atoms with Crippen molar-refractivity contribution in [2.75, 3.05) is 0 Å². The molecule has 0 aliphatic heterocycles. The van der Waals surface area contributed by atoms with Crippen LogP contribution in [0, 0.1) is 0 Å². The maximum absolute atomic E-state index is 6.38. The Labute approximate surface area is 118 Å². The van der Waals surface area contributed by atoms with E-state index in [1.807, 2.05) is 12.3 Å². The van der Waals surface area contributed by atoms with Crippen molar-refractivity contribution in [1.82, 2.24) is 9.97 Å². The Balaban J connectivity index is 2.14. The first-order valence-corrected chi connectivity index (χ1v) is 7.18. The number of fused-ring (bicyclic) bond motifs is 2. The molecular formula is C15H9ClN2S. The second-order valence-electron chi connectivity index (χ2n) is 4.37. The van der Waals surface area contributed by atoms with E-state index >= 15 is 0 Å². The topological polar surface area (TPSA) is 28.7 Å². The molecule has 0 aliphatic rings. The van der Waals surface area contributed by atoms with E-state index in [4.69, 9.17) is 11.6 Å². The van der Waals surface area contributed by atoms with E-state index in [-0.39, 0.29) is 0 Å². The molecule has 0 unspecified atom stereocenters. The van der Waals surface area contributed by atoms with Gasteiger partial charge in [0.1, 0.15) is 5.65 Å². The molecule has 4 rings (SSSR count). The van der Waals surface area contributed by atoms with Gasteiger partial charge < -0.3 is 4.98 Å². The van der Waals surface area contributed by atoms with Gasteiger partial charge in [-0.25, -0.2) is 4.98 Å². The lowest BCUT2D eigenvalue weighted by atomic mass is 10.0. The molecule has 1 N–H and O–H groups in total. The van der Waals surface area contributed by atoms with Crippen molar-refractivity contribution in [2.24, 2.45) is 0 Å². The summed E-state index contributed by atoms with van der Waals surface area (Å²) in [6.07, 6.45) is 3.61. The minimum Gasteiger partial charge on any atom is -0.346 e. The predicted octanol–water partition coefficient (Wildman–Crippen LogP) is 5.10. The van der Waals surface area contributed by atoms with Gasteiger partial charge in [0.2, 0.25) is 0 Å². The predicted molar refractivity (Wildman–Crippen MR) is 81.9 cm³/mol. The van der Waals surface area contributed by atoms with Crippen LogP contribution in [0.2, 0.25) is 5.02 Å². The summed E-state index contributed by atoms with van der Waals surface area (Å²) >= 11 is 8.12. The average Bonchev–Trinajstić information content (AvgIpc) is 3.05. The van der Waals surface area contributed by atoms with Crippen molar-refractivity contribution in [3.05, 3.63) is 53.1 Å². The number of H-pyrrole nitrogens is 1. The molecule has 0 bridgehead atoms. The monoisotopic (exact) mass is 284 g/mol. The number of nitrogens with zero attached hydrogens (tertiary/aromatic N) is 1. The SMILES string of the molecule is Clc1cnc2[nH]ccc2c1-c1csc2ccccc12. The molecule has 0 atom stereocenters. The van der Waals surface area contributed by atoms with Gasteiger partial charge in [-0.05, 0) is 17.5 Å². The van der Waals surface area contributed by atoms with Gasteiger partial charge in [-0.3, -0.25) is 0 Å². The van der Waals surface area contributed by atoms with E-state index in [1.54, 1.807) is 17.5 Å². The van der Waals surface area contributed by atoms with Crippen molar-refractivity contribution in [1.29, 1.82) is 0 Å². The lowest BCUT2D eigenvalue weighted by Crippen LogP contribution is -1.83. The van der Waals surface area contributed by atoms with Crippen LogP contribution < -0.4 is 0 Å². The molecule has 2 nitrogen and oxygen atoms in total. The third-order valence-corrected chi connectivity index (χ3v) is 4.54. The molecule has 19 heavy (non-hydrogen) atoms. The van der Waals surface area contributed by atoms with Crippen LogP contribution in [0.25, 0.3) is 32.2 Å². The number of aromatic amines is 1. The molecule has 4 aromatic rings. The van der Waals surface area contributed by atoms with Crippen molar-refractivity contribution < 1.29 is 0 Å². The quantitative estimate of drug-likeness (QED) is 0.518. The molecule has 0 saturated carbocycles. The molecule has 0 aliphatic carbocycles. The van der Waals surface area contributed by atoms with Crippen LogP contribution in [0.15, 0.2) is 48.1 Å². The van der Waals surface area contributed by atoms with Crippen molar-refractivity contribution in [2.45, 2.75) is 0 Å². The number of thiophene rings is 1. The Morgan fingerprint density at radius 1 is 1.11 bits per heavy atom. The number of hydrogen-bond acceptors (Lipinski definition) is 2. The highest BCUT2D eigenvalue weighted by molar-refractivity contribution is 7.17. The highest BCUT2D eigenvalue weighted by Gasteiger charge is 2.14. The van der Waals surface area contributed by atoms with Crippen molar-refractivity contribution >= 4 is 44.1 Å². The van der Waals surface area contributed by atoms with Crippen LogP contribution in [0.5, 0.6) is 0 Å². The van der Waals surface area contributed by atoms with Gasteiger partial charge in [-0.1, -0.05) is 29.8 Å². The third-order valence-electron chi connectivity index (χ3n) is 3.29. The largest absolute Gasteiger partial charge is 0.346 e. The molecule has 92 valence electrons. The molecule has 3 heterocycles. The third kappa shape index (κ3) is 1.59. The van der Waals surface area contributed by atoms with Gasteiger partial charge >= 0.3 is 0 Å². The molecule has 0 amide bonds.